The largest absolute Gasteiger partial charge is 0.492 e. The second-order valence-corrected chi connectivity index (χ2v) is 6.50. The first kappa shape index (κ1) is 21.0. The maximum atomic E-state index is 12.8. The van der Waals surface area contributed by atoms with Crippen LogP contribution < -0.4 is 15.4 Å². The molecule has 0 bridgehead atoms. The lowest BCUT2D eigenvalue weighted by molar-refractivity contribution is -0.135. The monoisotopic (exact) mass is 384 g/mol. The molecular formula is C21H24N2O5. The van der Waals surface area contributed by atoms with Crippen molar-refractivity contribution in [3.63, 3.8) is 0 Å². The Bertz CT molecular complexity index is 877. The number of para-hydroxylation sites is 3. The van der Waals surface area contributed by atoms with E-state index in [1.807, 2.05) is 6.92 Å². The molecule has 0 aliphatic rings. The molecule has 0 unspecified atom stereocenters. The molecule has 2 aromatic carbocycles. The van der Waals surface area contributed by atoms with Crippen molar-refractivity contribution in [2.45, 2.75) is 20.8 Å². The zero-order valence-electron chi connectivity index (χ0n) is 16.4. The molecule has 2 rings (SSSR count). The molecule has 0 saturated heterocycles. The minimum atomic E-state index is -1.41. The van der Waals surface area contributed by atoms with Crippen molar-refractivity contribution < 1.29 is 23.9 Å². The first-order valence-corrected chi connectivity index (χ1v) is 8.83. The van der Waals surface area contributed by atoms with Gasteiger partial charge in [-0.2, -0.15) is 0 Å². The van der Waals surface area contributed by atoms with Gasteiger partial charge in [-0.25, -0.2) is 4.79 Å². The molecule has 7 nitrogen and oxygen atoms in total. The second-order valence-electron chi connectivity index (χ2n) is 6.50. The molecule has 0 saturated carbocycles. The van der Waals surface area contributed by atoms with Crippen LogP contribution in [0.5, 0.6) is 5.75 Å². The Kier molecular flexibility index (Phi) is 6.76. The third-order valence-corrected chi connectivity index (χ3v) is 4.15. The lowest BCUT2D eigenvalue weighted by Gasteiger charge is -2.24. The van der Waals surface area contributed by atoms with Gasteiger partial charge < -0.3 is 20.1 Å². The predicted octanol–water partition coefficient (Wildman–Crippen LogP) is 3.48. The summed E-state index contributed by atoms with van der Waals surface area (Å²) in [5.41, 5.74) is -0.459. The first-order chi connectivity index (χ1) is 13.3. The first-order valence-electron chi connectivity index (χ1n) is 8.83. The van der Waals surface area contributed by atoms with E-state index in [-0.39, 0.29) is 11.3 Å². The van der Waals surface area contributed by atoms with Crippen LogP contribution in [0.3, 0.4) is 0 Å². The van der Waals surface area contributed by atoms with Crippen LogP contribution in [0.2, 0.25) is 0 Å². The van der Waals surface area contributed by atoms with E-state index in [0.29, 0.717) is 18.0 Å². The summed E-state index contributed by atoms with van der Waals surface area (Å²) < 4.78 is 10.2. The van der Waals surface area contributed by atoms with Crippen LogP contribution in [0.15, 0.2) is 48.5 Å². The predicted molar refractivity (Wildman–Crippen MR) is 106 cm³/mol. The van der Waals surface area contributed by atoms with E-state index in [2.05, 4.69) is 10.6 Å². The van der Waals surface area contributed by atoms with E-state index >= 15 is 0 Å². The number of hydrogen-bond acceptors (Lipinski definition) is 5. The number of amides is 2. The molecule has 2 aromatic rings. The molecule has 7 heteroatoms. The summed E-state index contributed by atoms with van der Waals surface area (Å²) >= 11 is 0. The topological polar surface area (TPSA) is 93.7 Å². The Balaban J connectivity index is 2.19. The Hall–Kier alpha value is -3.35. The van der Waals surface area contributed by atoms with Gasteiger partial charge in [0.2, 0.25) is 11.8 Å². The van der Waals surface area contributed by atoms with Gasteiger partial charge >= 0.3 is 5.97 Å². The highest BCUT2D eigenvalue weighted by molar-refractivity contribution is 6.15. The van der Waals surface area contributed by atoms with E-state index in [0.717, 1.165) is 0 Å². The Labute approximate surface area is 164 Å². The summed E-state index contributed by atoms with van der Waals surface area (Å²) in [5, 5.41) is 5.38. The van der Waals surface area contributed by atoms with Crippen LogP contribution in [0, 0.1) is 5.41 Å². The van der Waals surface area contributed by atoms with Gasteiger partial charge in [0.25, 0.3) is 0 Å². The number of rotatable bonds is 7. The lowest BCUT2D eigenvalue weighted by Crippen LogP contribution is -2.41. The average Bonchev–Trinajstić information content (AvgIpc) is 2.69. The van der Waals surface area contributed by atoms with Gasteiger partial charge in [-0.1, -0.05) is 24.3 Å². The summed E-state index contributed by atoms with van der Waals surface area (Å²) in [6.45, 7) is 5.29. The summed E-state index contributed by atoms with van der Waals surface area (Å²) in [6, 6.07) is 13.4. The van der Waals surface area contributed by atoms with Gasteiger partial charge in [0.05, 0.1) is 30.7 Å². The fourth-order valence-corrected chi connectivity index (χ4v) is 2.39. The fourth-order valence-electron chi connectivity index (χ4n) is 2.39. The maximum absolute atomic E-state index is 12.8. The van der Waals surface area contributed by atoms with Crippen molar-refractivity contribution in [1.82, 2.24) is 0 Å². The zero-order valence-corrected chi connectivity index (χ0v) is 16.4. The molecule has 2 N–H and O–H groups in total. The standard InChI is InChI=1S/C21H24N2O5/c1-5-28-17-13-9-8-12-16(17)23-20(26)21(2,3)19(25)22-15-11-7-6-10-14(15)18(24)27-4/h6-13H,5H2,1-4H3,(H,22,25)(H,23,26). The van der Waals surface area contributed by atoms with E-state index in [1.165, 1.54) is 27.0 Å². The van der Waals surface area contributed by atoms with Gasteiger partial charge in [-0.05, 0) is 45.0 Å². The minimum Gasteiger partial charge on any atom is -0.492 e. The molecule has 0 heterocycles. The number of carbonyl (C=O) groups excluding carboxylic acids is 3. The highest BCUT2D eigenvalue weighted by Crippen LogP contribution is 2.28. The molecule has 28 heavy (non-hydrogen) atoms. The van der Waals surface area contributed by atoms with Gasteiger partial charge in [-0.15, -0.1) is 0 Å². The molecule has 148 valence electrons. The Morgan fingerprint density at radius 1 is 0.893 bits per heavy atom. The molecule has 0 fully saturated rings. The number of hydrogen-bond donors (Lipinski definition) is 2. The molecule has 0 atom stereocenters. The van der Waals surface area contributed by atoms with Crippen molar-refractivity contribution in [2.24, 2.45) is 5.41 Å². The quantitative estimate of drug-likeness (QED) is 0.563. The van der Waals surface area contributed by atoms with Crippen LogP contribution in [-0.4, -0.2) is 31.5 Å². The van der Waals surface area contributed by atoms with Crippen molar-refractivity contribution in [1.29, 1.82) is 0 Å². The summed E-state index contributed by atoms with van der Waals surface area (Å²) in [6.07, 6.45) is 0. The van der Waals surface area contributed by atoms with Crippen LogP contribution in [0.4, 0.5) is 11.4 Å². The number of ether oxygens (including phenoxy) is 2. The van der Waals surface area contributed by atoms with Gasteiger partial charge in [0.1, 0.15) is 11.2 Å². The smallest absolute Gasteiger partial charge is 0.339 e. The SMILES string of the molecule is CCOc1ccccc1NC(=O)C(C)(C)C(=O)Nc1ccccc1C(=O)OC. The van der Waals surface area contributed by atoms with Crippen LogP contribution in [0.1, 0.15) is 31.1 Å². The zero-order chi connectivity index (χ0) is 20.7. The van der Waals surface area contributed by atoms with Gasteiger partial charge in [0.15, 0.2) is 0 Å². The number of anilines is 2. The summed E-state index contributed by atoms with van der Waals surface area (Å²) in [5.74, 6) is -1.13. The lowest BCUT2D eigenvalue weighted by atomic mass is 9.90. The van der Waals surface area contributed by atoms with Crippen molar-refractivity contribution in [3.05, 3.63) is 54.1 Å². The number of esters is 1. The summed E-state index contributed by atoms with van der Waals surface area (Å²) in [7, 11) is 1.26. The summed E-state index contributed by atoms with van der Waals surface area (Å²) in [4.78, 5) is 37.4. The van der Waals surface area contributed by atoms with Crippen LogP contribution >= 0.6 is 0 Å². The minimum absolute atomic E-state index is 0.205. The molecule has 0 radical (unpaired) electrons. The normalized spacial score (nSPS) is 10.7. The highest BCUT2D eigenvalue weighted by Gasteiger charge is 2.37. The highest BCUT2D eigenvalue weighted by atomic mass is 16.5. The molecule has 0 aliphatic heterocycles. The van der Waals surface area contributed by atoms with Gasteiger partial charge in [-0.3, -0.25) is 9.59 Å². The fraction of sp³-hybridized carbons (Fsp3) is 0.286. The average molecular weight is 384 g/mol. The molecule has 2 amide bonds. The van der Waals surface area contributed by atoms with Crippen molar-refractivity contribution in [2.75, 3.05) is 24.4 Å². The van der Waals surface area contributed by atoms with E-state index in [1.54, 1.807) is 42.5 Å². The van der Waals surface area contributed by atoms with Crippen LogP contribution in [0.25, 0.3) is 0 Å². The van der Waals surface area contributed by atoms with Gasteiger partial charge in [0, 0.05) is 0 Å². The van der Waals surface area contributed by atoms with E-state index < -0.39 is 23.2 Å². The third-order valence-electron chi connectivity index (χ3n) is 4.15. The molecule has 0 aromatic heterocycles. The second kappa shape index (κ2) is 9.03. The molecule has 0 aliphatic carbocycles. The van der Waals surface area contributed by atoms with Crippen molar-refractivity contribution >= 4 is 29.2 Å². The Morgan fingerprint density at radius 3 is 2.04 bits per heavy atom. The number of nitrogens with one attached hydrogen (secondary N) is 2. The molecular weight excluding hydrogens is 360 g/mol. The number of methoxy groups -OCH3 is 1. The molecule has 0 spiro atoms. The number of benzene rings is 2. The van der Waals surface area contributed by atoms with Crippen LogP contribution in [-0.2, 0) is 14.3 Å². The maximum Gasteiger partial charge on any atom is 0.339 e. The van der Waals surface area contributed by atoms with E-state index in [9.17, 15) is 14.4 Å². The van der Waals surface area contributed by atoms with Crippen molar-refractivity contribution in [3.8, 4) is 5.75 Å². The Morgan fingerprint density at radius 2 is 1.43 bits per heavy atom. The number of carbonyl (C=O) groups is 3. The van der Waals surface area contributed by atoms with E-state index in [4.69, 9.17) is 9.47 Å². The third kappa shape index (κ3) is 4.68.